The number of imidazole rings is 1. The van der Waals surface area contributed by atoms with Gasteiger partial charge in [-0.25, -0.2) is 37.1 Å². The molecule has 5 aromatic rings. The predicted octanol–water partition coefficient (Wildman–Crippen LogP) is 7.11. The number of fused-ring (bicyclic) bond motifs is 1. The van der Waals surface area contributed by atoms with E-state index in [9.17, 15) is 17.2 Å². The van der Waals surface area contributed by atoms with Crippen LogP contribution in [0.25, 0.3) is 22.4 Å². The van der Waals surface area contributed by atoms with E-state index in [2.05, 4.69) is 35.6 Å². The zero-order valence-electron chi connectivity index (χ0n) is 25.4. The molecule has 0 amide bonds. The number of halogens is 2. The summed E-state index contributed by atoms with van der Waals surface area (Å²) in [5.74, 6) is 0.190. The third kappa shape index (κ3) is 6.24. The molecule has 0 spiro atoms. The number of aromatic nitrogens is 6. The van der Waals surface area contributed by atoms with Gasteiger partial charge in [-0.1, -0.05) is 6.07 Å². The van der Waals surface area contributed by atoms with Crippen LogP contribution in [0.2, 0.25) is 0 Å². The van der Waals surface area contributed by atoms with Crippen molar-refractivity contribution in [1.29, 1.82) is 0 Å². The molecular formula is C30H32F2N8O3S2. The van der Waals surface area contributed by atoms with Gasteiger partial charge in [0.05, 0.1) is 44.6 Å². The number of benzene rings is 1. The van der Waals surface area contributed by atoms with Crippen molar-refractivity contribution in [2.45, 2.75) is 64.5 Å². The lowest BCUT2D eigenvalue weighted by molar-refractivity contribution is -0.0363. The first-order valence-corrected chi connectivity index (χ1v) is 17.0. The van der Waals surface area contributed by atoms with Crippen LogP contribution in [-0.2, 0) is 14.6 Å². The summed E-state index contributed by atoms with van der Waals surface area (Å²) in [6, 6.07) is 6.57. The Morgan fingerprint density at radius 2 is 1.78 bits per heavy atom. The molecule has 1 aliphatic heterocycles. The van der Waals surface area contributed by atoms with E-state index in [1.807, 2.05) is 27.7 Å². The number of nitrogens with one attached hydrogen (secondary N) is 2. The van der Waals surface area contributed by atoms with E-state index in [0.717, 1.165) is 34.7 Å². The third-order valence-corrected chi connectivity index (χ3v) is 9.61. The molecule has 11 nitrogen and oxygen atoms in total. The maximum absolute atomic E-state index is 14.5. The Labute approximate surface area is 263 Å². The highest BCUT2D eigenvalue weighted by molar-refractivity contribution is 7.90. The number of ether oxygens (including phenoxy) is 1. The summed E-state index contributed by atoms with van der Waals surface area (Å²) in [5, 5.41) is 7.16. The number of sulfone groups is 1. The van der Waals surface area contributed by atoms with Crippen LogP contribution in [-0.4, -0.2) is 50.8 Å². The Bertz CT molecular complexity index is 2020. The largest absolute Gasteiger partial charge is 0.358 e. The van der Waals surface area contributed by atoms with Gasteiger partial charge in [0.1, 0.15) is 23.4 Å². The lowest BCUT2D eigenvalue weighted by atomic mass is 10.1. The molecule has 0 bridgehead atoms. The highest BCUT2D eigenvalue weighted by atomic mass is 32.2. The van der Waals surface area contributed by atoms with Crippen molar-refractivity contribution in [1.82, 2.24) is 29.5 Å². The zero-order chi connectivity index (χ0) is 32.0. The fourth-order valence-electron chi connectivity index (χ4n) is 5.36. The molecule has 1 aliphatic rings. The van der Waals surface area contributed by atoms with Gasteiger partial charge in [0, 0.05) is 29.4 Å². The molecule has 1 atom stereocenters. The Balaban J connectivity index is 1.52. The van der Waals surface area contributed by atoms with Crippen molar-refractivity contribution < 1.29 is 21.9 Å². The molecule has 0 saturated carbocycles. The van der Waals surface area contributed by atoms with Crippen LogP contribution >= 0.6 is 11.3 Å². The minimum Gasteiger partial charge on any atom is -0.358 e. The topological polar surface area (TPSA) is 137 Å². The van der Waals surface area contributed by atoms with E-state index in [0.29, 0.717) is 35.8 Å². The average Bonchev–Trinajstić information content (AvgIpc) is 3.54. The summed E-state index contributed by atoms with van der Waals surface area (Å²) in [5.41, 5.74) is 3.65. The minimum absolute atomic E-state index is 0.0219. The van der Waals surface area contributed by atoms with Gasteiger partial charge >= 0.3 is 0 Å². The maximum Gasteiger partial charge on any atom is 0.295 e. The molecule has 236 valence electrons. The van der Waals surface area contributed by atoms with E-state index < -0.39 is 28.3 Å². The summed E-state index contributed by atoms with van der Waals surface area (Å²) in [6.45, 7) is 7.92. The number of pyridine rings is 1. The molecule has 1 saturated heterocycles. The fraction of sp³-hybridized carbons (Fsp3) is 0.367. The Morgan fingerprint density at radius 1 is 0.978 bits per heavy atom. The zero-order valence-corrected chi connectivity index (χ0v) is 27.0. The first-order chi connectivity index (χ1) is 21.4. The van der Waals surface area contributed by atoms with Crippen LogP contribution in [0.1, 0.15) is 59.0 Å². The second-order valence-electron chi connectivity index (χ2n) is 11.0. The molecule has 5 heterocycles. The number of hydrogen-bond donors (Lipinski definition) is 2. The van der Waals surface area contributed by atoms with Gasteiger partial charge in [0.2, 0.25) is 0 Å². The van der Waals surface area contributed by atoms with E-state index in [1.165, 1.54) is 15.9 Å². The van der Waals surface area contributed by atoms with Crippen LogP contribution in [0.4, 0.5) is 31.8 Å². The van der Waals surface area contributed by atoms with Gasteiger partial charge in [0.15, 0.2) is 21.3 Å². The number of alkyl halides is 2. The van der Waals surface area contributed by atoms with Gasteiger partial charge in [-0.3, -0.25) is 9.55 Å². The molecular weight excluding hydrogens is 623 g/mol. The quantitative estimate of drug-likeness (QED) is 0.178. The molecule has 1 fully saturated rings. The van der Waals surface area contributed by atoms with Crippen LogP contribution in [0.5, 0.6) is 0 Å². The van der Waals surface area contributed by atoms with Crippen LogP contribution in [0.15, 0.2) is 35.4 Å². The van der Waals surface area contributed by atoms with Gasteiger partial charge in [0.25, 0.3) is 6.43 Å². The van der Waals surface area contributed by atoms with Gasteiger partial charge < -0.3 is 15.4 Å². The lowest BCUT2D eigenvalue weighted by Crippen LogP contribution is -2.20. The molecule has 6 rings (SSSR count). The number of aryl methyl sites for hydroxylation is 4. The molecule has 15 heteroatoms. The van der Waals surface area contributed by atoms with E-state index in [-0.39, 0.29) is 33.3 Å². The van der Waals surface area contributed by atoms with Crippen LogP contribution in [0, 0.1) is 27.7 Å². The second kappa shape index (κ2) is 12.0. The highest BCUT2D eigenvalue weighted by Gasteiger charge is 2.29. The number of rotatable bonds is 8. The van der Waals surface area contributed by atoms with Gasteiger partial charge in [-0.2, -0.15) is 0 Å². The monoisotopic (exact) mass is 654 g/mol. The summed E-state index contributed by atoms with van der Waals surface area (Å²) in [6.07, 6.45) is 1.23. The van der Waals surface area contributed by atoms with Gasteiger partial charge in [-0.15, -0.1) is 11.3 Å². The molecule has 1 unspecified atom stereocenters. The predicted molar refractivity (Wildman–Crippen MR) is 170 cm³/mol. The van der Waals surface area contributed by atoms with Crippen molar-refractivity contribution in [3.05, 3.63) is 57.6 Å². The first kappa shape index (κ1) is 30.9. The van der Waals surface area contributed by atoms with E-state index >= 15 is 0 Å². The average molecular weight is 655 g/mol. The number of anilines is 4. The summed E-state index contributed by atoms with van der Waals surface area (Å²) >= 11 is 1.53. The minimum atomic E-state index is -3.75. The van der Waals surface area contributed by atoms with Crippen LogP contribution < -0.4 is 10.6 Å². The van der Waals surface area contributed by atoms with Crippen molar-refractivity contribution >= 4 is 55.3 Å². The third-order valence-electron chi connectivity index (χ3n) is 7.59. The maximum atomic E-state index is 14.5. The SMILES string of the molecule is Cc1nc(-c2ccc(Nc3cc(Nc4cnc(C)c(C)n4)nc4c3nc(C(F)F)n4C3CCCCO3)c(S(C)(=O)=O)c2)c(C)s1. The molecule has 1 aromatic carbocycles. The number of thiazole rings is 1. The Morgan fingerprint density at radius 3 is 2.42 bits per heavy atom. The van der Waals surface area contributed by atoms with Crippen LogP contribution in [0.3, 0.4) is 0 Å². The Hall–Kier alpha value is -4.08. The first-order valence-electron chi connectivity index (χ1n) is 14.3. The molecule has 2 N–H and O–H groups in total. The smallest absolute Gasteiger partial charge is 0.295 e. The van der Waals surface area contributed by atoms with Gasteiger partial charge in [-0.05, 0) is 59.1 Å². The van der Waals surface area contributed by atoms with Crippen molar-refractivity contribution in [3.63, 3.8) is 0 Å². The van der Waals surface area contributed by atoms with Crippen molar-refractivity contribution in [2.75, 3.05) is 23.5 Å². The van der Waals surface area contributed by atoms with Crippen molar-refractivity contribution in [3.8, 4) is 11.3 Å². The van der Waals surface area contributed by atoms with Crippen molar-refractivity contribution in [2.24, 2.45) is 0 Å². The molecule has 45 heavy (non-hydrogen) atoms. The van der Waals surface area contributed by atoms with E-state index in [4.69, 9.17) is 4.74 Å². The summed E-state index contributed by atoms with van der Waals surface area (Å²) in [7, 11) is -3.75. The lowest BCUT2D eigenvalue weighted by Gasteiger charge is -2.25. The second-order valence-corrected chi connectivity index (χ2v) is 14.4. The highest BCUT2D eigenvalue weighted by Crippen LogP contribution is 2.39. The molecule has 0 aliphatic carbocycles. The standard InChI is InChI=1S/C30H32F2N8O3S2/c1-15-16(2)34-24(14-33-15)37-23-13-21(27-29(38-23)40(30(39-27)28(31)32)25-8-6-7-11-43-25)36-20-10-9-19(12-22(20)45(5,41)42)26-17(3)44-18(4)35-26/h9-10,12-14,25,28H,6-8,11H2,1-5H3,(H2,34,36,37,38). The number of nitrogens with zero attached hydrogens (tertiary/aromatic N) is 6. The van der Waals surface area contributed by atoms with E-state index in [1.54, 1.807) is 30.5 Å². The Kier molecular flexibility index (Phi) is 8.26. The summed E-state index contributed by atoms with van der Waals surface area (Å²) in [4.78, 5) is 23.4. The molecule has 4 aromatic heterocycles. The molecule has 0 radical (unpaired) electrons. The summed E-state index contributed by atoms with van der Waals surface area (Å²) < 4.78 is 62.3. The normalized spacial score (nSPS) is 15.6. The fourth-order valence-corrected chi connectivity index (χ4v) is 7.06. The number of hydrogen-bond acceptors (Lipinski definition) is 11.